The van der Waals surface area contributed by atoms with Gasteiger partial charge in [-0.25, -0.2) is 4.98 Å². The summed E-state index contributed by atoms with van der Waals surface area (Å²) in [4.78, 5) is 6.67. The maximum atomic E-state index is 5.92. The molecule has 0 amide bonds. The van der Waals surface area contributed by atoms with Gasteiger partial charge in [0.1, 0.15) is 10.4 Å². The molecule has 1 saturated heterocycles. The summed E-state index contributed by atoms with van der Waals surface area (Å²) in [5.74, 6) is 1.02. The van der Waals surface area contributed by atoms with Crippen molar-refractivity contribution in [2.45, 2.75) is 18.9 Å². The predicted octanol–water partition coefficient (Wildman–Crippen LogP) is 1.77. The van der Waals surface area contributed by atoms with E-state index in [1.807, 2.05) is 18.2 Å². The zero-order valence-electron chi connectivity index (χ0n) is 7.99. The lowest BCUT2D eigenvalue weighted by Gasteiger charge is -2.31. The Bertz CT molecular complexity index is 316. The molecule has 0 aromatic carbocycles. The van der Waals surface area contributed by atoms with Crippen LogP contribution < -0.4 is 10.6 Å². The number of piperidine rings is 1. The van der Waals surface area contributed by atoms with E-state index in [9.17, 15) is 0 Å². The van der Waals surface area contributed by atoms with E-state index in [0.29, 0.717) is 6.04 Å². The van der Waals surface area contributed by atoms with Gasteiger partial charge in [-0.05, 0) is 40.9 Å². The van der Waals surface area contributed by atoms with Crippen molar-refractivity contribution >= 4 is 21.7 Å². The van der Waals surface area contributed by atoms with E-state index in [2.05, 4.69) is 25.8 Å². The summed E-state index contributed by atoms with van der Waals surface area (Å²) < 4.78 is 0.883. The largest absolute Gasteiger partial charge is 0.355 e. The maximum Gasteiger partial charge on any atom is 0.129 e. The minimum absolute atomic E-state index is 0.296. The lowest BCUT2D eigenvalue weighted by atomic mass is 10.1. The van der Waals surface area contributed by atoms with Crippen LogP contribution in [0.2, 0.25) is 0 Å². The number of pyridine rings is 1. The molecule has 2 heterocycles. The molecular formula is C10H14BrN3. The number of nitrogens with zero attached hydrogens (tertiary/aromatic N) is 2. The molecular weight excluding hydrogens is 242 g/mol. The lowest BCUT2D eigenvalue weighted by molar-refractivity contribution is 0.503. The van der Waals surface area contributed by atoms with Crippen LogP contribution in [0.4, 0.5) is 5.82 Å². The highest BCUT2D eigenvalue weighted by Crippen LogP contribution is 2.18. The number of hydrogen-bond acceptors (Lipinski definition) is 3. The number of nitrogens with two attached hydrogens (primary N) is 1. The van der Waals surface area contributed by atoms with Gasteiger partial charge >= 0.3 is 0 Å². The zero-order valence-corrected chi connectivity index (χ0v) is 9.57. The van der Waals surface area contributed by atoms with Gasteiger partial charge in [0.05, 0.1) is 0 Å². The van der Waals surface area contributed by atoms with Crippen molar-refractivity contribution in [3.05, 3.63) is 22.8 Å². The molecule has 1 aromatic rings. The Morgan fingerprint density at radius 2 is 2.36 bits per heavy atom. The predicted molar refractivity (Wildman–Crippen MR) is 61.4 cm³/mol. The van der Waals surface area contributed by atoms with Crippen LogP contribution in [0, 0.1) is 0 Å². The first-order chi connectivity index (χ1) is 6.75. The Hall–Kier alpha value is -0.610. The summed E-state index contributed by atoms with van der Waals surface area (Å²) in [6.07, 6.45) is 2.29. The van der Waals surface area contributed by atoms with Crippen molar-refractivity contribution in [2.75, 3.05) is 18.0 Å². The summed E-state index contributed by atoms with van der Waals surface area (Å²) in [5.41, 5.74) is 5.92. The number of anilines is 1. The van der Waals surface area contributed by atoms with Crippen LogP contribution in [0.15, 0.2) is 22.8 Å². The van der Waals surface area contributed by atoms with E-state index in [4.69, 9.17) is 5.73 Å². The highest BCUT2D eigenvalue weighted by atomic mass is 79.9. The van der Waals surface area contributed by atoms with E-state index >= 15 is 0 Å². The fraction of sp³-hybridized carbons (Fsp3) is 0.500. The SMILES string of the molecule is N[C@@H]1CCCN(c2cccc(Br)n2)C1. The van der Waals surface area contributed by atoms with Crippen molar-refractivity contribution in [2.24, 2.45) is 5.73 Å². The summed E-state index contributed by atoms with van der Waals surface area (Å²) >= 11 is 3.37. The topological polar surface area (TPSA) is 42.1 Å². The minimum atomic E-state index is 0.296. The van der Waals surface area contributed by atoms with Crippen LogP contribution in [-0.2, 0) is 0 Å². The fourth-order valence-corrected chi connectivity index (χ4v) is 2.13. The summed E-state index contributed by atoms with van der Waals surface area (Å²) in [5, 5.41) is 0. The maximum absolute atomic E-state index is 5.92. The Balaban J connectivity index is 2.14. The lowest BCUT2D eigenvalue weighted by Crippen LogP contribution is -2.43. The smallest absolute Gasteiger partial charge is 0.129 e. The first-order valence-electron chi connectivity index (χ1n) is 4.89. The first kappa shape index (κ1) is 9.93. The normalized spacial score (nSPS) is 22.4. The van der Waals surface area contributed by atoms with Gasteiger partial charge in [0, 0.05) is 19.1 Å². The third-order valence-electron chi connectivity index (χ3n) is 2.48. The van der Waals surface area contributed by atoms with Crippen LogP contribution in [0.25, 0.3) is 0 Å². The van der Waals surface area contributed by atoms with E-state index in [-0.39, 0.29) is 0 Å². The first-order valence-corrected chi connectivity index (χ1v) is 5.68. The molecule has 1 atom stereocenters. The fourth-order valence-electron chi connectivity index (χ4n) is 1.79. The highest BCUT2D eigenvalue weighted by Gasteiger charge is 2.17. The molecule has 14 heavy (non-hydrogen) atoms. The second kappa shape index (κ2) is 4.28. The van der Waals surface area contributed by atoms with Gasteiger partial charge in [0.25, 0.3) is 0 Å². The Labute approximate surface area is 92.4 Å². The quantitative estimate of drug-likeness (QED) is 0.779. The van der Waals surface area contributed by atoms with Crippen molar-refractivity contribution in [3.8, 4) is 0 Å². The molecule has 0 saturated carbocycles. The molecule has 4 heteroatoms. The molecule has 3 nitrogen and oxygen atoms in total. The van der Waals surface area contributed by atoms with Crippen molar-refractivity contribution < 1.29 is 0 Å². The number of aromatic nitrogens is 1. The Kier molecular flexibility index (Phi) is 3.03. The van der Waals surface area contributed by atoms with E-state index in [1.165, 1.54) is 0 Å². The second-order valence-electron chi connectivity index (χ2n) is 3.67. The van der Waals surface area contributed by atoms with Crippen molar-refractivity contribution in [1.82, 2.24) is 4.98 Å². The molecule has 2 rings (SSSR count). The molecule has 0 spiro atoms. The monoisotopic (exact) mass is 255 g/mol. The summed E-state index contributed by atoms with van der Waals surface area (Å²) in [6.45, 7) is 1.99. The molecule has 0 radical (unpaired) electrons. The third-order valence-corrected chi connectivity index (χ3v) is 2.92. The van der Waals surface area contributed by atoms with E-state index in [0.717, 1.165) is 36.4 Å². The average Bonchev–Trinajstić information content (AvgIpc) is 2.18. The third kappa shape index (κ3) is 2.25. The van der Waals surface area contributed by atoms with Gasteiger partial charge in [-0.1, -0.05) is 6.07 Å². The van der Waals surface area contributed by atoms with Gasteiger partial charge in [0.15, 0.2) is 0 Å². The molecule has 1 aliphatic heterocycles. The molecule has 1 aliphatic rings. The van der Waals surface area contributed by atoms with E-state index in [1.54, 1.807) is 0 Å². The highest BCUT2D eigenvalue weighted by molar-refractivity contribution is 9.10. The van der Waals surface area contributed by atoms with Crippen molar-refractivity contribution in [3.63, 3.8) is 0 Å². The van der Waals surface area contributed by atoms with Crippen LogP contribution in [-0.4, -0.2) is 24.1 Å². The summed E-state index contributed by atoms with van der Waals surface area (Å²) in [7, 11) is 0. The van der Waals surface area contributed by atoms with Gasteiger partial charge in [-0.3, -0.25) is 0 Å². The minimum Gasteiger partial charge on any atom is -0.355 e. The Morgan fingerprint density at radius 3 is 3.07 bits per heavy atom. The Morgan fingerprint density at radius 1 is 1.50 bits per heavy atom. The molecule has 0 bridgehead atoms. The van der Waals surface area contributed by atoms with Gasteiger partial charge in [0.2, 0.25) is 0 Å². The van der Waals surface area contributed by atoms with E-state index < -0.39 is 0 Å². The molecule has 1 fully saturated rings. The second-order valence-corrected chi connectivity index (χ2v) is 4.48. The van der Waals surface area contributed by atoms with Crippen molar-refractivity contribution in [1.29, 1.82) is 0 Å². The van der Waals surface area contributed by atoms with Crippen LogP contribution in [0.1, 0.15) is 12.8 Å². The average molecular weight is 256 g/mol. The number of rotatable bonds is 1. The van der Waals surface area contributed by atoms with Gasteiger partial charge in [-0.15, -0.1) is 0 Å². The molecule has 2 N–H and O–H groups in total. The molecule has 76 valence electrons. The number of hydrogen-bond donors (Lipinski definition) is 1. The van der Waals surface area contributed by atoms with Crippen LogP contribution in [0.5, 0.6) is 0 Å². The van der Waals surface area contributed by atoms with Crippen LogP contribution >= 0.6 is 15.9 Å². The molecule has 0 aliphatic carbocycles. The number of halogens is 1. The van der Waals surface area contributed by atoms with Crippen LogP contribution in [0.3, 0.4) is 0 Å². The molecule has 1 aromatic heterocycles. The van der Waals surface area contributed by atoms with Gasteiger partial charge in [-0.2, -0.15) is 0 Å². The molecule has 0 unspecified atom stereocenters. The van der Waals surface area contributed by atoms with Gasteiger partial charge < -0.3 is 10.6 Å². The standard InChI is InChI=1S/C10H14BrN3/c11-9-4-1-5-10(13-9)14-6-2-3-8(12)7-14/h1,4-5,8H,2-3,6-7,12H2/t8-/m1/s1. The zero-order chi connectivity index (χ0) is 9.97. The summed E-state index contributed by atoms with van der Waals surface area (Å²) in [6, 6.07) is 6.27.